The van der Waals surface area contributed by atoms with E-state index in [0.717, 1.165) is 17.7 Å². The lowest BCUT2D eigenvalue weighted by atomic mass is 9.94. The summed E-state index contributed by atoms with van der Waals surface area (Å²) in [7, 11) is 0. The van der Waals surface area contributed by atoms with Gasteiger partial charge in [0.25, 0.3) is 0 Å². The number of alkyl halides is 1. The highest BCUT2D eigenvalue weighted by atomic mass is 79.9. The summed E-state index contributed by atoms with van der Waals surface area (Å²) >= 11 is 9.42. The predicted molar refractivity (Wildman–Crippen MR) is 77.3 cm³/mol. The second-order valence-electron chi connectivity index (χ2n) is 4.51. The third-order valence-corrected chi connectivity index (χ3v) is 3.93. The standard InChI is InChI=1S/C13H18BrClN2/c14-8-9-17(12-4-2-1-3-5-12)13-7-6-11(15)10-16-13/h6-7,10,12H,1-5,8-9H2. The SMILES string of the molecule is Clc1ccc(N(CCBr)C2CCCCC2)nc1. The van der Waals surface area contributed by atoms with E-state index in [1.165, 1.54) is 32.1 Å². The summed E-state index contributed by atoms with van der Waals surface area (Å²) in [5.41, 5.74) is 0. The van der Waals surface area contributed by atoms with Crippen LogP contribution in [0.5, 0.6) is 0 Å². The molecule has 0 unspecified atom stereocenters. The largest absolute Gasteiger partial charge is 0.353 e. The van der Waals surface area contributed by atoms with Crippen molar-refractivity contribution in [3.63, 3.8) is 0 Å². The summed E-state index contributed by atoms with van der Waals surface area (Å²) in [5.74, 6) is 1.06. The van der Waals surface area contributed by atoms with Gasteiger partial charge in [0, 0.05) is 24.1 Å². The van der Waals surface area contributed by atoms with E-state index >= 15 is 0 Å². The van der Waals surface area contributed by atoms with E-state index in [1.807, 2.05) is 12.1 Å². The molecule has 1 heterocycles. The van der Waals surface area contributed by atoms with E-state index in [9.17, 15) is 0 Å². The minimum absolute atomic E-state index is 0.648. The van der Waals surface area contributed by atoms with Crippen LogP contribution in [0.15, 0.2) is 18.3 Å². The van der Waals surface area contributed by atoms with Crippen LogP contribution >= 0.6 is 27.5 Å². The van der Waals surface area contributed by atoms with Crippen LogP contribution in [-0.2, 0) is 0 Å². The second kappa shape index (κ2) is 6.60. The highest BCUT2D eigenvalue weighted by Gasteiger charge is 2.21. The highest BCUT2D eigenvalue weighted by Crippen LogP contribution is 2.26. The van der Waals surface area contributed by atoms with Crippen LogP contribution in [0.3, 0.4) is 0 Å². The number of pyridine rings is 1. The summed E-state index contributed by atoms with van der Waals surface area (Å²) in [6, 6.07) is 4.60. The van der Waals surface area contributed by atoms with Gasteiger partial charge in [-0.3, -0.25) is 0 Å². The lowest BCUT2D eigenvalue weighted by Gasteiger charge is -2.35. The Balaban J connectivity index is 2.12. The van der Waals surface area contributed by atoms with E-state index in [2.05, 4.69) is 25.8 Å². The molecule has 0 radical (unpaired) electrons. The van der Waals surface area contributed by atoms with Crippen LogP contribution in [0, 0.1) is 0 Å². The summed E-state index contributed by atoms with van der Waals surface area (Å²) in [6.45, 7) is 1.01. The molecule has 2 rings (SSSR count). The average molecular weight is 318 g/mol. The van der Waals surface area contributed by atoms with Gasteiger partial charge < -0.3 is 4.90 Å². The lowest BCUT2D eigenvalue weighted by Crippen LogP contribution is -2.38. The number of hydrogen-bond donors (Lipinski definition) is 0. The number of halogens is 2. The molecule has 0 aromatic carbocycles. The van der Waals surface area contributed by atoms with Gasteiger partial charge in [-0.2, -0.15) is 0 Å². The van der Waals surface area contributed by atoms with Gasteiger partial charge in [0.15, 0.2) is 0 Å². The quantitative estimate of drug-likeness (QED) is 0.771. The van der Waals surface area contributed by atoms with Gasteiger partial charge in [0.2, 0.25) is 0 Å². The molecule has 0 atom stereocenters. The van der Waals surface area contributed by atoms with Crippen molar-refractivity contribution in [2.24, 2.45) is 0 Å². The topological polar surface area (TPSA) is 16.1 Å². The van der Waals surface area contributed by atoms with Crippen LogP contribution in [0.1, 0.15) is 32.1 Å². The number of nitrogens with zero attached hydrogens (tertiary/aromatic N) is 2. The van der Waals surface area contributed by atoms with Gasteiger partial charge in [0.1, 0.15) is 5.82 Å². The van der Waals surface area contributed by atoms with Crippen LogP contribution in [0.2, 0.25) is 5.02 Å². The summed E-state index contributed by atoms with van der Waals surface area (Å²) in [6.07, 6.45) is 8.39. The Morgan fingerprint density at radius 3 is 2.65 bits per heavy atom. The van der Waals surface area contributed by atoms with Gasteiger partial charge in [-0.1, -0.05) is 46.8 Å². The zero-order chi connectivity index (χ0) is 12.1. The number of anilines is 1. The molecule has 1 aromatic rings. The van der Waals surface area contributed by atoms with Crippen molar-refractivity contribution in [1.82, 2.24) is 4.98 Å². The molecule has 0 amide bonds. The van der Waals surface area contributed by atoms with E-state index in [1.54, 1.807) is 6.20 Å². The van der Waals surface area contributed by atoms with Crippen molar-refractivity contribution in [3.05, 3.63) is 23.4 Å². The molecule has 0 spiro atoms. The maximum absolute atomic E-state index is 5.89. The van der Waals surface area contributed by atoms with E-state index in [0.29, 0.717) is 11.1 Å². The van der Waals surface area contributed by atoms with Crippen molar-refractivity contribution >= 4 is 33.3 Å². The molecule has 17 heavy (non-hydrogen) atoms. The summed E-state index contributed by atoms with van der Waals surface area (Å²) < 4.78 is 0. The van der Waals surface area contributed by atoms with Crippen molar-refractivity contribution in [2.75, 3.05) is 16.8 Å². The zero-order valence-electron chi connectivity index (χ0n) is 9.91. The molecule has 2 nitrogen and oxygen atoms in total. The van der Waals surface area contributed by atoms with Crippen LogP contribution in [0.25, 0.3) is 0 Å². The van der Waals surface area contributed by atoms with E-state index in [4.69, 9.17) is 11.6 Å². The molecule has 1 aliphatic rings. The molecule has 1 aliphatic carbocycles. The monoisotopic (exact) mass is 316 g/mol. The van der Waals surface area contributed by atoms with Crippen molar-refractivity contribution in [1.29, 1.82) is 0 Å². The Bertz CT molecular complexity index is 336. The fraction of sp³-hybridized carbons (Fsp3) is 0.615. The first-order valence-corrected chi connectivity index (χ1v) is 7.75. The summed E-state index contributed by atoms with van der Waals surface area (Å²) in [5, 5.41) is 1.68. The molecule has 0 N–H and O–H groups in total. The second-order valence-corrected chi connectivity index (χ2v) is 5.74. The molecule has 4 heteroatoms. The number of hydrogen-bond acceptors (Lipinski definition) is 2. The Morgan fingerprint density at radius 1 is 1.29 bits per heavy atom. The molecule has 1 fully saturated rings. The van der Waals surface area contributed by atoms with Gasteiger partial charge in [0.05, 0.1) is 5.02 Å². The first-order valence-electron chi connectivity index (χ1n) is 6.25. The third kappa shape index (κ3) is 3.59. The first kappa shape index (κ1) is 13.2. The predicted octanol–water partition coefficient (Wildman–Crippen LogP) is 4.27. The van der Waals surface area contributed by atoms with E-state index in [-0.39, 0.29) is 0 Å². The highest BCUT2D eigenvalue weighted by molar-refractivity contribution is 9.09. The smallest absolute Gasteiger partial charge is 0.128 e. The zero-order valence-corrected chi connectivity index (χ0v) is 12.3. The maximum Gasteiger partial charge on any atom is 0.128 e. The molecule has 1 aromatic heterocycles. The van der Waals surface area contributed by atoms with Crippen molar-refractivity contribution < 1.29 is 0 Å². The average Bonchev–Trinajstić information content (AvgIpc) is 2.38. The molecule has 0 aliphatic heterocycles. The third-order valence-electron chi connectivity index (χ3n) is 3.35. The molecular formula is C13H18BrClN2. The van der Waals surface area contributed by atoms with E-state index < -0.39 is 0 Å². The molecular weight excluding hydrogens is 300 g/mol. The van der Waals surface area contributed by atoms with Crippen LogP contribution in [-0.4, -0.2) is 22.9 Å². The van der Waals surface area contributed by atoms with Crippen molar-refractivity contribution in [2.45, 2.75) is 38.1 Å². The fourth-order valence-electron chi connectivity index (χ4n) is 2.51. The number of aromatic nitrogens is 1. The number of rotatable bonds is 4. The van der Waals surface area contributed by atoms with Crippen LogP contribution in [0.4, 0.5) is 5.82 Å². The Morgan fingerprint density at radius 2 is 2.06 bits per heavy atom. The Hall–Kier alpha value is -0.280. The first-order chi connectivity index (χ1) is 8.31. The normalized spacial score (nSPS) is 17.1. The van der Waals surface area contributed by atoms with Crippen molar-refractivity contribution in [3.8, 4) is 0 Å². The molecule has 1 saturated carbocycles. The lowest BCUT2D eigenvalue weighted by molar-refractivity contribution is 0.417. The van der Waals surface area contributed by atoms with Gasteiger partial charge >= 0.3 is 0 Å². The molecule has 94 valence electrons. The molecule has 0 saturated heterocycles. The summed E-state index contributed by atoms with van der Waals surface area (Å²) in [4.78, 5) is 6.87. The Kier molecular flexibility index (Phi) is 5.11. The van der Waals surface area contributed by atoms with Gasteiger partial charge in [-0.25, -0.2) is 4.98 Å². The van der Waals surface area contributed by atoms with Gasteiger partial charge in [-0.15, -0.1) is 0 Å². The molecule has 0 bridgehead atoms. The Labute approximate surface area is 116 Å². The fourth-order valence-corrected chi connectivity index (χ4v) is 3.00. The van der Waals surface area contributed by atoms with Crippen LogP contribution < -0.4 is 4.90 Å². The minimum atomic E-state index is 0.648. The minimum Gasteiger partial charge on any atom is -0.353 e. The maximum atomic E-state index is 5.89. The van der Waals surface area contributed by atoms with Gasteiger partial charge in [-0.05, 0) is 25.0 Å².